The van der Waals surface area contributed by atoms with Crippen molar-refractivity contribution < 1.29 is 24.3 Å². The van der Waals surface area contributed by atoms with Crippen LogP contribution >= 0.6 is 0 Å². The third kappa shape index (κ3) is 5.66. The van der Waals surface area contributed by atoms with Crippen LogP contribution in [0.15, 0.2) is 83.4 Å². The summed E-state index contributed by atoms with van der Waals surface area (Å²) in [4.78, 5) is 8.56. The molecular weight excluding hydrogens is 454 g/mol. The quantitative estimate of drug-likeness (QED) is 0.264. The molecule has 2 fully saturated rings. The Balaban J connectivity index is 0.000000623. The molecule has 3 aromatic carbocycles. The van der Waals surface area contributed by atoms with Gasteiger partial charge >= 0.3 is 6.16 Å². The Morgan fingerprint density at radius 1 is 0.889 bits per heavy atom. The maximum atomic E-state index is 8.56. The zero-order valence-corrected chi connectivity index (χ0v) is 20.1. The van der Waals surface area contributed by atoms with E-state index in [1.165, 1.54) is 35.1 Å². The van der Waals surface area contributed by atoms with Crippen LogP contribution in [0.4, 0.5) is 4.79 Å². The standard InChI is InChI=1S/C29H27NO2.CH2O3/c1-19-27(29-26(31-29)18-7-20-5-3-2-4-6-20)28(32-30-19)25-16-14-24(15-17-25)23-12-10-22(11-13-23)21-8-9-21;2-1(3)4/h2-6,10-17,21,26,29H,7-9,18H2,1H3;(H2,2,3,4). The van der Waals surface area contributed by atoms with Gasteiger partial charge in [-0.15, -0.1) is 0 Å². The number of aryl methyl sites for hydroxylation is 2. The van der Waals surface area contributed by atoms with E-state index < -0.39 is 6.16 Å². The highest BCUT2D eigenvalue weighted by atomic mass is 16.6. The number of rotatable bonds is 7. The highest BCUT2D eigenvalue weighted by Crippen LogP contribution is 2.47. The summed E-state index contributed by atoms with van der Waals surface area (Å²) in [6.07, 6.45) is 3.19. The molecule has 1 aliphatic carbocycles. The van der Waals surface area contributed by atoms with E-state index in [1.807, 2.05) is 6.92 Å². The second-order valence-electron chi connectivity index (χ2n) is 9.39. The monoisotopic (exact) mass is 483 g/mol. The van der Waals surface area contributed by atoms with Gasteiger partial charge in [0.2, 0.25) is 0 Å². The lowest BCUT2D eigenvalue weighted by Crippen LogP contribution is -1.95. The van der Waals surface area contributed by atoms with Gasteiger partial charge in [-0.25, -0.2) is 4.79 Å². The first kappa shape index (κ1) is 23.8. The van der Waals surface area contributed by atoms with Crippen molar-refractivity contribution in [3.63, 3.8) is 0 Å². The lowest BCUT2D eigenvalue weighted by Gasteiger charge is -2.06. The molecule has 1 saturated heterocycles. The second kappa shape index (κ2) is 10.4. The maximum Gasteiger partial charge on any atom is 0.503 e. The van der Waals surface area contributed by atoms with Crippen molar-refractivity contribution in [2.24, 2.45) is 0 Å². The number of ether oxygens (including phenoxy) is 1. The van der Waals surface area contributed by atoms with Crippen LogP contribution in [0.2, 0.25) is 0 Å². The Hall–Kier alpha value is -3.90. The van der Waals surface area contributed by atoms with Crippen molar-refractivity contribution in [1.82, 2.24) is 5.16 Å². The van der Waals surface area contributed by atoms with E-state index in [4.69, 9.17) is 24.3 Å². The van der Waals surface area contributed by atoms with Gasteiger partial charge in [0, 0.05) is 5.56 Å². The summed E-state index contributed by atoms with van der Waals surface area (Å²) < 4.78 is 11.8. The molecule has 6 heteroatoms. The zero-order valence-electron chi connectivity index (χ0n) is 20.1. The first-order chi connectivity index (χ1) is 17.5. The predicted octanol–water partition coefficient (Wildman–Crippen LogP) is 7.49. The number of benzene rings is 3. The van der Waals surface area contributed by atoms with Gasteiger partial charge in [-0.05, 0) is 60.8 Å². The van der Waals surface area contributed by atoms with Gasteiger partial charge < -0.3 is 19.5 Å². The molecule has 1 aliphatic heterocycles. The molecule has 2 heterocycles. The normalized spacial score (nSPS) is 18.2. The first-order valence-corrected chi connectivity index (χ1v) is 12.3. The fourth-order valence-corrected chi connectivity index (χ4v) is 4.67. The number of hydrogen-bond donors (Lipinski definition) is 2. The van der Waals surface area contributed by atoms with Crippen LogP contribution in [0.5, 0.6) is 0 Å². The van der Waals surface area contributed by atoms with Crippen molar-refractivity contribution in [2.45, 2.75) is 50.7 Å². The molecule has 2 N–H and O–H groups in total. The van der Waals surface area contributed by atoms with Crippen LogP contribution in [0, 0.1) is 6.92 Å². The predicted molar refractivity (Wildman–Crippen MR) is 137 cm³/mol. The van der Waals surface area contributed by atoms with Crippen LogP contribution in [-0.2, 0) is 11.2 Å². The van der Waals surface area contributed by atoms with Crippen LogP contribution in [0.3, 0.4) is 0 Å². The van der Waals surface area contributed by atoms with Crippen LogP contribution in [0.25, 0.3) is 22.5 Å². The van der Waals surface area contributed by atoms with E-state index in [-0.39, 0.29) is 12.2 Å². The number of aromatic nitrogens is 1. The largest absolute Gasteiger partial charge is 0.503 e. The summed E-state index contributed by atoms with van der Waals surface area (Å²) in [5.74, 6) is 1.63. The highest BCUT2D eigenvalue weighted by Gasteiger charge is 2.44. The molecular formula is C30H29NO5. The molecule has 6 nitrogen and oxygen atoms in total. The Bertz CT molecular complexity index is 1300. The second-order valence-corrected chi connectivity index (χ2v) is 9.39. The topological polar surface area (TPSA) is 96.1 Å². The molecule has 1 aromatic heterocycles. The number of nitrogens with zero attached hydrogens (tertiary/aromatic N) is 1. The molecule has 0 amide bonds. The summed E-state index contributed by atoms with van der Waals surface area (Å²) in [6, 6.07) is 28.2. The summed E-state index contributed by atoms with van der Waals surface area (Å²) in [5.41, 5.74) is 8.37. The van der Waals surface area contributed by atoms with E-state index in [0.717, 1.165) is 41.3 Å². The summed E-state index contributed by atoms with van der Waals surface area (Å²) in [6.45, 7) is 2.01. The van der Waals surface area contributed by atoms with Crippen molar-refractivity contribution in [2.75, 3.05) is 0 Å². The summed E-state index contributed by atoms with van der Waals surface area (Å²) >= 11 is 0. The molecule has 2 atom stereocenters. The average molecular weight is 484 g/mol. The molecule has 0 bridgehead atoms. The van der Waals surface area contributed by atoms with Gasteiger partial charge in [-0.1, -0.05) is 84.0 Å². The molecule has 0 radical (unpaired) electrons. The number of hydrogen-bond acceptors (Lipinski definition) is 4. The molecule has 2 aliphatic rings. The number of carbonyl (C=O) groups is 1. The Morgan fingerprint density at radius 2 is 1.47 bits per heavy atom. The van der Waals surface area contributed by atoms with E-state index in [9.17, 15) is 0 Å². The molecule has 2 unspecified atom stereocenters. The van der Waals surface area contributed by atoms with E-state index in [2.05, 4.69) is 84.0 Å². The van der Waals surface area contributed by atoms with Crippen LogP contribution < -0.4 is 0 Å². The van der Waals surface area contributed by atoms with Gasteiger partial charge in [0.15, 0.2) is 5.76 Å². The molecule has 6 rings (SSSR count). The molecule has 36 heavy (non-hydrogen) atoms. The smallest absolute Gasteiger partial charge is 0.450 e. The minimum Gasteiger partial charge on any atom is -0.450 e. The summed E-state index contributed by atoms with van der Waals surface area (Å²) in [5, 5.41) is 18.2. The van der Waals surface area contributed by atoms with Gasteiger partial charge in [0.1, 0.15) is 6.10 Å². The van der Waals surface area contributed by atoms with E-state index >= 15 is 0 Å². The molecule has 4 aromatic rings. The van der Waals surface area contributed by atoms with Crippen molar-refractivity contribution in [3.8, 4) is 22.5 Å². The minimum atomic E-state index is -1.83. The fraction of sp³-hybridized carbons (Fsp3) is 0.267. The average Bonchev–Trinajstić information content (AvgIpc) is 3.82. The van der Waals surface area contributed by atoms with Gasteiger partial charge in [0.25, 0.3) is 0 Å². The van der Waals surface area contributed by atoms with Gasteiger partial charge in [-0.3, -0.25) is 0 Å². The van der Waals surface area contributed by atoms with Gasteiger partial charge in [0.05, 0.1) is 17.4 Å². The van der Waals surface area contributed by atoms with Crippen molar-refractivity contribution in [1.29, 1.82) is 0 Å². The highest BCUT2D eigenvalue weighted by molar-refractivity contribution is 5.70. The molecule has 184 valence electrons. The Kier molecular flexibility index (Phi) is 6.87. The Labute approximate surface area is 210 Å². The minimum absolute atomic E-state index is 0.0783. The first-order valence-electron chi connectivity index (χ1n) is 12.3. The van der Waals surface area contributed by atoms with Gasteiger partial charge in [-0.2, -0.15) is 0 Å². The van der Waals surface area contributed by atoms with E-state index in [0.29, 0.717) is 0 Å². The fourth-order valence-electron chi connectivity index (χ4n) is 4.67. The number of carboxylic acid groups (broad SMARTS) is 2. The maximum absolute atomic E-state index is 8.56. The van der Waals surface area contributed by atoms with E-state index in [1.54, 1.807) is 0 Å². The van der Waals surface area contributed by atoms with Crippen LogP contribution in [0.1, 0.15) is 53.7 Å². The molecule has 1 saturated carbocycles. The SMILES string of the molecule is Cc1noc(-c2ccc(-c3ccc(C4CC4)cc3)cc2)c1C1OC1CCc1ccccc1.O=C(O)O. The van der Waals surface area contributed by atoms with Crippen molar-refractivity contribution in [3.05, 3.63) is 101 Å². The van der Waals surface area contributed by atoms with Crippen molar-refractivity contribution >= 4 is 6.16 Å². The summed E-state index contributed by atoms with van der Waals surface area (Å²) in [7, 11) is 0. The lowest BCUT2D eigenvalue weighted by molar-refractivity contribution is 0.137. The third-order valence-electron chi connectivity index (χ3n) is 6.78. The van der Waals surface area contributed by atoms with Crippen LogP contribution in [-0.4, -0.2) is 27.6 Å². The zero-order chi connectivity index (χ0) is 25.1. The Morgan fingerprint density at radius 3 is 2.08 bits per heavy atom. The third-order valence-corrected chi connectivity index (χ3v) is 6.78. The lowest BCUT2D eigenvalue weighted by atomic mass is 9.97. The molecule has 0 spiro atoms. The number of epoxide rings is 1.